The van der Waals surface area contributed by atoms with Gasteiger partial charge < -0.3 is 4.57 Å². The van der Waals surface area contributed by atoms with Crippen LogP contribution in [-0.2, 0) is 13.5 Å². The highest BCUT2D eigenvalue weighted by Crippen LogP contribution is 2.40. The van der Waals surface area contributed by atoms with Crippen molar-refractivity contribution in [3.63, 3.8) is 0 Å². The van der Waals surface area contributed by atoms with E-state index in [1.807, 2.05) is 18.2 Å². The number of hydrogen-bond acceptors (Lipinski definition) is 2. The van der Waals surface area contributed by atoms with E-state index in [-0.39, 0.29) is 0 Å². The van der Waals surface area contributed by atoms with E-state index in [0.29, 0.717) is 11.5 Å². The van der Waals surface area contributed by atoms with Crippen molar-refractivity contribution >= 4 is 11.0 Å². The third kappa shape index (κ3) is 1.42. The van der Waals surface area contributed by atoms with Gasteiger partial charge >= 0.3 is 0 Å². The summed E-state index contributed by atoms with van der Waals surface area (Å²) in [4.78, 5) is 4.75. The van der Waals surface area contributed by atoms with Crippen LogP contribution in [0.25, 0.3) is 11.0 Å². The first-order chi connectivity index (χ1) is 9.78. The zero-order valence-electron chi connectivity index (χ0n) is 11.2. The van der Waals surface area contributed by atoms with Crippen molar-refractivity contribution in [2.24, 2.45) is 7.05 Å². The Bertz CT molecular complexity index is 868. The van der Waals surface area contributed by atoms with Gasteiger partial charge in [-0.15, -0.1) is 0 Å². The lowest BCUT2D eigenvalue weighted by Gasteiger charge is -2.29. The summed E-state index contributed by atoms with van der Waals surface area (Å²) in [7, 11) is 2.05. The number of aryl methyl sites for hydroxylation is 1. The number of imidazole rings is 1. The highest BCUT2D eigenvalue weighted by atomic mass is 15.1. The molecule has 0 fully saturated rings. The molecule has 0 N–H and O–H groups in total. The Hall–Kier alpha value is -2.60. The maximum atomic E-state index is 8.99. The minimum atomic E-state index is 0.383. The summed E-state index contributed by atoms with van der Waals surface area (Å²) >= 11 is 0. The fourth-order valence-electron chi connectivity index (χ4n) is 3.09. The highest BCUT2D eigenvalue weighted by molar-refractivity contribution is 5.78. The molecule has 0 aliphatic heterocycles. The quantitative estimate of drug-likeness (QED) is 0.673. The molecular formula is C17H13N3. The molecule has 3 aromatic rings. The van der Waals surface area contributed by atoms with Crippen LogP contribution in [0.5, 0.6) is 0 Å². The lowest BCUT2D eigenvalue weighted by atomic mass is 9.77. The number of rotatable bonds is 1. The van der Waals surface area contributed by atoms with Crippen molar-refractivity contribution in [2.45, 2.75) is 12.3 Å². The van der Waals surface area contributed by atoms with E-state index in [0.717, 1.165) is 23.3 Å². The van der Waals surface area contributed by atoms with Gasteiger partial charge in [0, 0.05) is 13.0 Å². The van der Waals surface area contributed by atoms with Crippen LogP contribution >= 0.6 is 0 Å². The molecule has 3 nitrogen and oxygen atoms in total. The van der Waals surface area contributed by atoms with Crippen molar-refractivity contribution in [1.29, 1.82) is 5.26 Å². The van der Waals surface area contributed by atoms with Gasteiger partial charge in [-0.25, -0.2) is 4.98 Å². The summed E-state index contributed by atoms with van der Waals surface area (Å²) < 4.78 is 2.15. The van der Waals surface area contributed by atoms with Crippen LogP contribution < -0.4 is 0 Å². The van der Waals surface area contributed by atoms with Gasteiger partial charge in [0.1, 0.15) is 5.82 Å². The molecule has 4 rings (SSSR count). The van der Waals surface area contributed by atoms with E-state index in [9.17, 15) is 0 Å². The normalized spacial score (nSPS) is 16.5. The van der Waals surface area contributed by atoms with E-state index in [1.165, 1.54) is 11.1 Å². The molecule has 1 atom stereocenters. The van der Waals surface area contributed by atoms with Crippen LogP contribution in [-0.4, -0.2) is 9.55 Å². The van der Waals surface area contributed by atoms with E-state index in [1.54, 1.807) is 0 Å². The lowest BCUT2D eigenvalue weighted by Crippen LogP contribution is -2.21. The topological polar surface area (TPSA) is 41.6 Å². The SMILES string of the molecule is Cn1c(C2Cc3ccccc32)nc2cc(C#N)ccc21. The van der Waals surface area contributed by atoms with Gasteiger partial charge in [0.25, 0.3) is 0 Å². The molecule has 1 unspecified atom stereocenters. The summed E-state index contributed by atoms with van der Waals surface area (Å²) in [6.45, 7) is 0. The zero-order valence-corrected chi connectivity index (χ0v) is 11.2. The van der Waals surface area contributed by atoms with Crippen molar-refractivity contribution in [3.8, 4) is 6.07 Å². The molecule has 0 bridgehead atoms. The molecule has 0 amide bonds. The molecule has 0 saturated heterocycles. The summed E-state index contributed by atoms with van der Waals surface area (Å²) in [5, 5.41) is 8.99. The Morgan fingerprint density at radius 2 is 2.10 bits per heavy atom. The zero-order chi connectivity index (χ0) is 13.7. The fraction of sp³-hybridized carbons (Fsp3) is 0.176. The fourth-order valence-corrected chi connectivity index (χ4v) is 3.09. The minimum absolute atomic E-state index is 0.383. The second-order valence-electron chi connectivity index (χ2n) is 5.30. The highest BCUT2D eigenvalue weighted by Gasteiger charge is 2.30. The molecule has 2 aromatic carbocycles. The van der Waals surface area contributed by atoms with E-state index in [4.69, 9.17) is 10.2 Å². The molecule has 20 heavy (non-hydrogen) atoms. The molecule has 0 spiro atoms. The van der Waals surface area contributed by atoms with Crippen LogP contribution in [0.2, 0.25) is 0 Å². The summed E-state index contributed by atoms with van der Waals surface area (Å²) in [5.74, 6) is 1.47. The lowest BCUT2D eigenvalue weighted by molar-refractivity contribution is 0.634. The summed E-state index contributed by atoms with van der Waals surface area (Å²) in [5.41, 5.74) is 5.46. The molecular weight excluding hydrogens is 246 g/mol. The van der Waals surface area contributed by atoms with Gasteiger partial charge in [0.2, 0.25) is 0 Å². The van der Waals surface area contributed by atoms with E-state index in [2.05, 4.69) is 41.9 Å². The number of benzene rings is 2. The van der Waals surface area contributed by atoms with Crippen LogP contribution in [0.3, 0.4) is 0 Å². The Morgan fingerprint density at radius 1 is 1.25 bits per heavy atom. The van der Waals surface area contributed by atoms with Crippen LogP contribution in [0.15, 0.2) is 42.5 Å². The maximum Gasteiger partial charge on any atom is 0.117 e. The largest absolute Gasteiger partial charge is 0.331 e. The molecule has 1 aliphatic carbocycles. The third-order valence-corrected chi connectivity index (χ3v) is 4.21. The van der Waals surface area contributed by atoms with Crippen LogP contribution in [0.1, 0.15) is 28.4 Å². The Kier molecular flexibility index (Phi) is 2.22. The average Bonchev–Trinajstić information content (AvgIpc) is 2.77. The summed E-state index contributed by atoms with van der Waals surface area (Å²) in [6.07, 6.45) is 1.05. The molecule has 0 radical (unpaired) electrons. The first kappa shape index (κ1) is 11.2. The molecule has 1 heterocycles. The van der Waals surface area contributed by atoms with Crippen LogP contribution in [0.4, 0.5) is 0 Å². The van der Waals surface area contributed by atoms with Crippen molar-refractivity contribution in [2.75, 3.05) is 0 Å². The van der Waals surface area contributed by atoms with E-state index >= 15 is 0 Å². The van der Waals surface area contributed by atoms with Gasteiger partial charge in [0.15, 0.2) is 0 Å². The summed E-state index contributed by atoms with van der Waals surface area (Å²) in [6, 6.07) is 16.4. The number of aromatic nitrogens is 2. The molecule has 3 heteroatoms. The number of hydrogen-bond donors (Lipinski definition) is 0. The second-order valence-corrected chi connectivity index (χ2v) is 5.30. The van der Waals surface area contributed by atoms with Gasteiger partial charge in [-0.05, 0) is 35.7 Å². The van der Waals surface area contributed by atoms with Gasteiger partial charge in [0.05, 0.1) is 22.7 Å². The van der Waals surface area contributed by atoms with Gasteiger partial charge in [-0.3, -0.25) is 0 Å². The van der Waals surface area contributed by atoms with E-state index < -0.39 is 0 Å². The third-order valence-electron chi connectivity index (χ3n) is 4.21. The first-order valence-electron chi connectivity index (χ1n) is 6.72. The Balaban J connectivity index is 1.86. The van der Waals surface area contributed by atoms with Gasteiger partial charge in [-0.1, -0.05) is 24.3 Å². The molecule has 0 saturated carbocycles. The Morgan fingerprint density at radius 3 is 2.90 bits per heavy atom. The molecule has 96 valence electrons. The number of nitriles is 1. The smallest absolute Gasteiger partial charge is 0.117 e. The van der Waals surface area contributed by atoms with Crippen LogP contribution in [0, 0.1) is 11.3 Å². The van der Waals surface area contributed by atoms with Crippen molar-refractivity contribution < 1.29 is 0 Å². The average molecular weight is 259 g/mol. The predicted molar refractivity (Wildman–Crippen MR) is 77.4 cm³/mol. The Labute approximate surface area is 117 Å². The number of fused-ring (bicyclic) bond motifs is 2. The standard InChI is InChI=1S/C17H13N3/c1-20-16-7-6-11(10-18)8-15(16)19-17(20)14-9-12-4-2-3-5-13(12)14/h2-8,14H,9H2,1H3. The maximum absolute atomic E-state index is 8.99. The second kappa shape index (κ2) is 3.94. The van der Waals surface area contributed by atoms with Crippen molar-refractivity contribution in [3.05, 3.63) is 65.0 Å². The first-order valence-corrected chi connectivity index (χ1v) is 6.72. The minimum Gasteiger partial charge on any atom is -0.331 e. The van der Waals surface area contributed by atoms with Gasteiger partial charge in [-0.2, -0.15) is 5.26 Å². The predicted octanol–water partition coefficient (Wildman–Crippen LogP) is 3.13. The molecule has 1 aliphatic rings. The molecule has 1 aromatic heterocycles. The monoisotopic (exact) mass is 259 g/mol. The number of nitrogens with zero attached hydrogens (tertiary/aromatic N) is 3. The van der Waals surface area contributed by atoms with Crippen molar-refractivity contribution in [1.82, 2.24) is 9.55 Å².